The smallest absolute Gasteiger partial charge is 0.321 e. The van der Waals surface area contributed by atoms with E-state index in [1.54, 1.807) is 6.92 Å². The van der Waals surface area contributed by atoms with E-state index in [1.165, 1.54) is 13.1 Å². The Morgan fingerprint density at radius 1 is 1.54 bits per heavy atom. The molecule has 0 atom stereocenters. The topological polar surface area (TPSA) is 84.2 Å². The number of amides is 3. The van der Waals surface area contributed by atoms with E-state index in [4.69, 9.17) is 0 Å². The Bertz CT molecular complexity index is 331. The van der Waals surface area contributed by atoms with E-state index in [9.17, 15) is 9.59 Å². The van der Waals surface area contributed by atoms with Crippen molar-refractivity contribution in [1.82, 2.24) is 15.8 Å². The number of nitrogens with one attached hydrogen (secondary N) is 2. The number of imide groups is 1. The molecular weight excluding hydrogens is 174 g/mol. The lowest BCUT2D eigenvalue weighted by Gasteiger charge is -1.98. The Balaban J connectivity index is 2.64. The zero-order valence-corrected chi connectivity index (χ0v) is 7.25. The minimum Gasteiger partial charge on any atom is -0.361 e. The Morgan fingerprint density at radius 3 is 2.69 bits per heavy atom. The first-order chi connectivity index (χ1) is 6.13. The lowest BCUT2D eigenvalue weighted by molar-refractivity contribution is 0.0955. The number of aromatic nitrogens is 1. The molecule has 0 saturated carbocycles. The molecule has 0 aliphatic carbocycles. The zero-order valence-electron chi connectivity index (χ0n) is 7.25. The van der Waals surface area contributed by atoms with Crippen molar-refractivity contribution in [3.63, 3.8) is 0 Å². The highest BCUT2D eigenvalue weighted by molar-refractivity contribution is 6.02. The van der Waals surface area contributed by atoms with Gasteiger partial charge in [-0.05, 0) is 6.92 Å². The molecule has 1 aromatic rings. The summed E-state index contributed by atoms with van der Waals surface area (Å²) in [5, 5.41) is 7.73. The highest BCUT2D eigenvalue weighted by Crippen LogP contribution is 2.00. The third-order valence-corrected chi connectivity index (χ3v) is 1.31. The fraction of sp³-hybridized carbons (Fsp3) is 0.286. The van der Waals surface area contributed by atoms with Gasteiger partial charge in [-0.2, -0.15) is 0 Å². The molecule has 1 heterocycles. The Labute approximate surface area is 74.3 Å². The van der Waals surface area contributed by atoms with Gasteiger partial charge in [0.1, 0.15) is 5.76 Å². The van der Waals surface area contributed by atoms with Crippen LogP contribution in [0, 0.1) is 6.92 Å². The van der Waals surface area contributed by atoms with Crippen LogP contribution in [0.25, 0.3) is 0 Å². The van der Waals surface area contributed by atoms with Gasteiger partial charge in [-0.3, -0.25) is 10.1 Å². The van der Waals surface area contributed by atoms with Crippen LogP contribution in [0.5, 0.6) is 0 Å². The first kappa shape index (κ1) is 9.24. The average Bonchev–Trinajstić information content (AvgIpc) is 2.51. The maximum absolute atomic E-state index is 11.1. The van der Waals surface area contributed by atoms with E-state index in [0.717, 1.165) is 0 Å². The fourth-order valence-electron chi connectivity index (χ4n) is 0.703. The summed E-state index contributed by atoms with van der Waals surface area (Å²) in [6, 6.07) is 0.865. The van der Waals surface area contributed by atoms with E-state index >= 15 is 0 Å². The fourth-order valence-corrected chi connectivity index (χ4v) is 0.703. The molecule has 0 fully saturated rings. The normalized spacial score (nSPS) is 9.38. The van der Waals surface area contributed by atoms with Gasteiger partial charge >= 0.3 is 6.03 Å². The second-order valence-corrected chi connectivity index (χ2v) is 2.36. The molecule has 0 saturated heterocycles. The number of carbonyl (C=O) groups is 2. The average molecular weight is 183 g/mol. The van der Waals surface area contributed by atoms with E-state index in [1.807, 2.05) is 5.32 Å². The molecule has 0 aliphatic rings. The van der Waals surface area contributed by atoms with Crippen molar-refractivity contribution >= 4 is 11.9 Å². The molecular formula is C7H9N3O3. The standard InChI is InChI=1S/C7H9N3O3/c1-4-3-5(10-13-4)6(11)9-7(12)8-2/h3H,1-2H3,(H2,8,9,11,12). The third kappa shape index (κ3) is 2.29. The van der Waals surface area contributed by atoms with Gasteiger partial charge in [0.05, 0.1) is 0 Å². The van der Waals surface area contributed by atoms with Gasteiger partial charge in [0.15, 0.2) is 5.69 Å². The molecule has 0 unspecified atom stereocenters. The van der Waals surface area contributed by atoms with Crippen LogP contribution >= 0.6 is 0 Å². The second kappa shape index (κ2) is 3.70. The van der Waals surface area contributed by atoms with Gasteiger partial charge in [0.25, 0.3) is 5.91 Å². The quantitative estimate of drug-likeness (QED) is 0.644. The van der Waals surface area contributed by atoms with Crippen LogP contribution in [0.2, 0.25) is 0 Å². The summed E-state index contributed by atoms with van der Waals surface area (Å²) < 4.78 is 4.66. The maximum atomic E-state index is 11.1. The number of carbonyl (C=O) groups excluding carboxylic acids is 2. The van der Waals surface area contributed by atoms with Crippen LogP contribution in [0.3, 0.4) is 0 Å². The van der Waals surface area contributed by atoms with Crippen molar-refractivity contribution < 1.29 is 14.1 Å². The maximum Gasteiger partial charge on any atom is 0.321 e. The molecule has 6 nitrogen and oxygen atoms in total. The van der Waals surface area contributed by atoms with E-state index in [-0.39, 0.29) is 5.69 Å². The van der Waals surface area contributed by atoms with Crippen molar-refractivity contribution in [3.05, 3.63) is 17.5 Å². The SMILES string of the molecule is CNC(=O)NC(=O)c1cc(C)on1. The predicted molar refractivity (Wildman–Crippen MR) is 43.2 cm³/mol. The number of hydrogen-bond acceptors (Lipinski definition) is 4. The molecule has 13 heavy (non-hydrogen) atoms. The van der Waals surface area contributed by atoms with Crippen LogP contribution in [-0.4, -0.2) is 24.1 Å². The first-order valence-electron chi connectivity index (χ1n) is 3.60. The molecule has 0 aromatic carbocycles. The van der Waals surface area contributed by atoms with Gasteiger partial charge in [0.2, 0.25) is 0 Å². The second-order valence-electron chi connectivity index (χ2n) is 2.36. The molecule has 0 radical (unpaired) electrons. The van der Waals surface area contributed by atoms with Crippen LogP contribution in [-0.2, 0) is 0 Å². The van der Waals surface area contributed by atoms with Crippen molar-refractivity contribution in [3.8, 4) is 0 Å². The number of rotatable bonds is 1. The van der Waals surface area contributed by atoms with Crippen LogP contribution < -0.4 is 10.6 Å². The number of nitrogens with zero attached hydrogens (tertiary/aromatic N) is 1. The summed E-state index contributed by atoms with van der Waals surface area (Å²) >= 11 is 0. The minimum absolute atomic E-state index is 0.0844. The highest BCUT2D eigenvalue weighted by Gasteiger charge is 2.12. The van der Waals surface area contributed by atoms with Gasteiger partial charge < -0.3 is 9.84 Å². The summed E-state index contributed by atoms with van der Waals surface area (Å²) in [6.07, 6.45) is 0. The molecule has 2 N–H and O–H groups in total. The molecule has 3 amide bonds. The third-order valence-electron chi connectivity index (χ3n) is 1.31. The summed E-state index contributed by atoms with van der Waals surface area (Å²) in [7, 11) is 1.41. The summed E-state index contributed by atoms with van der Waals surface area (Å²) in [4.78, 5) is 21.8. The summed E-state index contributed by atoms with van der Waals surface area (Å²) in [5.74, 6) is -0.0711. The summed E-state index contributed by atoms with van der Waals surface area (Å²) in [5.41, 5.74) is 0.0844. The van der Waals surface area contributed by atoms with Crippen LogP contribution in [0.15, 0.2) is 10.6 Å². The minimum atomic E-state index is -0.587. The molecule has 0 spiro atoms. The molecule has 6 heteroatoms. The Hall–Kier alpha value is -1.85. The Morgan fingerprint density at radius 2 is 2.23 bits per heavy atom. The highest BCUT2D eigenvalue weighted by atomic mass is 16.5. The molecule has 0 bridgehead atoms. The van der Waals surface area contributed by atoms with E-state index in [0.29, 0.717) is 5.76 Å². The largest absolute Gasteiger partial charge is 0.361 e. The first-order valence-corrected chi connectivity index (χ1v) is 3.60. The molecule has 0 aliphatic heterocycles. The van der Waals surface area contributed by atoms with Crippen molar-refractivity contribution in [2.75, 3.05) is 7.05 Å². The Kier molecular flexibility index (Phi) is 2.63. The van der Waals surface area contributed by atoms with Crippen molar-refractivity contribution in [2.45, 2.75) is 6.92 Å². The van der Waals surface area contributed by atoms with Crippen molar-refractivity contribution in [2.24, 2.45) is 0 Å². The molecule has 1 rings (SSSR count). The predicted octanol–water partition coefficient (Wildman–Crippen LogP) is 0.0522. The van der Waals surface area contributed by atoms with Crippen molar-refractivity contribution in [1.29, 1.82) is 0 Å². The van der Waals surface area contributed by atoms with E-state index in [2.05, 4.69) is 15.0 Å². The van der Waals surface area contributed by atoms with Crippen LogP contribution in [0.1, 0.15) is 16.2 Å². The van der Waals surface area contributed by atoms with Gasteiger partial charge in [-0.15, -0.1) is 0 Å². The molecule has 70 valence electrons. The van der Waals surface area contributed by atoms with Gasteiger partial charge in [-0.25, -0.2) is 4.79 Å². The monoisotopic (exact) mass is 183 g/mol. The van der Waals surface area contributed by atoms with Gasteiger partial charge in [0, 0.05) is 13.1 Å². The lowest BCUT2D eigenvalue weighted by atomic mass is 10.3. The number of aryl methyl sites for hydroxylation is 1. The zero-order chi connectivity index (χ0) is 9.84. The van der Waals surface area contributed by atoms with Crippen LogP contribution in [0.4, 0.5) is 4.79 Å². The number of urea groups is 1. The van der Waals surface area contributed by atoms with E-state index < -0.39 is 11.9 Å². The summed E-state index contributed by atoms with van der Waals surface area (Å²) in [6.45, 7) is 1.66. The number of hydrogen-bond donors (Lipinski definition) is 2. The lowest BCUT2D eigenvalue weighted by Crippen LogP contribution is -2.37. The molecule has 1 aromatic heterocycles. The van der Waals surface area contributed by atoms with Gasteiger partial charge in [-0.1, -0.05) is 5.16 Å².